The van der Waals surface area contributed by atoms with Crippen LogP contribution in [0.3, 0.4) is 0 Å². The largest absolute Gasteiger partial charge is 0.494 e. The minimum atomic E-state index is -0.466. The van der Waals surface area contributed by atoms with Gasteiger partial charge in [0.2, 0.25) is 5.96 Å². The highest BCUT2D eigenvalue weighted by atomic mass is 16.7. The van der Waals surface area contributed by atoms with Gasteiger partial charge >= 0.3 is 7.12 Å². The molecule has 200 valence electrons. The molecule has 40 heavy (non-hydrogen) atoms. The van der Waals surface area contributed by atoms with Crippen LogP contribution in [0.5, 0.6) is 0 Å². The number of nitrogens with one attached hydrogen (secondary N) is 3. The van der Waals surface area contributed by atoms with E-state index in [9.17, 15) is 0 Å². The van der Waals surface area contributed by atoms with Crippen LogP contribution in [-0.4, -0.2) is 34.7 Å². The first kappa shape index (κ1) is 25.9. The van der Waals surface area contributed by atoms with E-state index in [1.54, 1.807) is 0 Å². The van der Waals surface area contributed by atoms with E-state index in [2.05, 4.69) is 50.7 Å². The number of hydrogen-bond acceptors (Lipinski definition) is 4. The molecule has 0 radical (unpaired) electrons. The van der Waals surface area contributed by atoms with Crippen LogP contribution in [0.25, 0.3) is 21.8 Å². The Morgan fingerprint density at radius 2 is 1.35 bits per heavy atom. The topological polar surface area (TPSA) is 83.7 Å². The number of amidine groups is 1. The summed E-state index contributed by atoms with van der Waals surface area (Å²) in [7, 11) is -0.466. The van der Waals surface area contributed by atoms with Crippen LogP contribution in [0.2, 0.25) is 0 Å². The lowest BCUT2D eigenvalue weighted by Crippen LogP contribution is -2.41. The fourth-order valence-corrected chi connectivity index (χ4v) is 4.91. The van der Waals surface area contributed by atoms with Gasteiger partial charge in [0, 0.05) is 16.3 Å². The van der Waals surface area contributed by atoms with Gasteiger partial charge in [-0.2, -0.15) is 4.99 Å². The summed E-state index contributed by atoms with van der Waals surface area (Å²) in [6.07, 6.45) is 0. The molecular weight excluding hydrogens is 497 g/mol. The summed E-state index contributed by atoms with van der Waals surface area (Å²) in [4.78, 5) is 4.78. The monoisotopic (exact) mass is 529 g/mol. The van der Waals surface area contributed by atoms with E-state index in [1.807, 2.05) is 95.6 Å². The summed E-state index contributed by atoms with van der Waals surface area (Å²) in [6, 6.07) is 33.9. The van der Waals surface area contributed by atoms with Crippen molar-refractivity contribution in [2.45, 2.75) is 38.9 Å². The van der Waals surface area contributed by atoms with Gasteiger partial charge in [0.25, 0.3) is 0 Å². The lowest BCUT2D eigenvalue weighted by atomic mass is 9.78. The van der Waals surface area contributed by atoms with Gasteiger partial charge in [-0.3, -0.25) is 20.8 Å². The second-order valence-electron chi connectivity index (χ2n) is 11.0. The second-order valence-corrected chi connectivity index (χ2v) is 11.0. The third kappa shape index (κ3) is 4.65. The van der Waals surface area contributed by atoms with Crippen molar-refractivity contribution in [2.75, 3.05) is 5.43 Å². The Kier molecular flexibility index (Phi) is 6.45. The van der Waals surface area contributed by atoms with Gasteiger partial charge in [0.05, 0.1) is 27.9 Å². The maximum Gasteiger partial charge on any atom is 0.494 e. The first-order valence-electron chi connectivity index (χ1n) is 13.4. The average molecular weight is 529 g/mol. The van der Waals surface area contributed by atoms with Crippen molar-refractivity contribution in [1.29, 1.82) is 5.41 Å². The molecule has 3 N–H and O–H groups in total. The lowest BCUT2D eigenvalue weighted by Gasteiger charge is -2.32. The zero-order valence-corrected chi connectivity index (χ0v) is 23.1. The van der Waals surface area contributed by atoms with E-state index in [-0.39, 0.29) is 5.96 Å². The molecule has 0 aliphatic carbocycles. The molecule has 0 atom stereocenters. The molecule has 0 bridgehead atoms. The fraction of sp³-hybridized carbons (Fsp3) is 0.188. The third-order valence-corrected chi connectivity index (χ3v) is 7.80. The summed E-state index contributed by atoms with van der Waals surface area (Å²) in [5.74, 6) is 0.630. The molecule has 8 heteroatoms. The minimum absolute atomic E-state index is 0.0933. The molecule has 6 rings (SSSR count). The molecule has 5 aromatic rings. The van der Waals surface area contributed by atoms with Crippen molar-refractivity contribution in [3.05, 3.63) is 109 Å². The highest BCUT2D eigenvalue weighted by Gasteiger charge is 2.51. The zero-order chi connectivity index (χ0) is 27.9. The quantitative estimate of drug-likeness (QED) is 0.117. The molecule has 1 saturated heterocycles. The summed E-state index contributed by atoms with van der Waals surface area (Å²) >= 11 is 0. The Hall–Kier alpha value is -4.40. The van der Waals surface area contributed by atoms with Gasteiger partial charge in [0.15, 0.2) is 5.84 Å². The first-order valence-corrected chi connectivity index (χ1v) is 13.4. The Balaban J connectivity index is 1.41. The van der Waals surface area contributed by atoms with Crippen LogP contribution in [0.15, 0.2) is 108 Å². The molecule has 0 amide bonds. The average Bonchev–Trinajstić information content (AvgIpc) is 3.40. The number of rotatable bonds is 4. The van der Waals surface area contributed by atoms with E-state index < -0.39 is 18.3 Å². The fourth-order valence-electron chi connectivity index (χ4n) is 4.91. The molecule has 1 aliphatic rings. The van der Waals surface area contributed by atoms with Crippen LogP contribution in [0, 0.1) is 5.41 Å². The molecule has 1 aliphatic heterocycles. The van der Waals surface area contributed by atoms with Crippen LogP contribution < -0.4 is 16.3 Å². The number of aliphatic imine (C=N–C) groups is 1. The van der Waals surface area contributed by atoms with Crippen LogP contribution in [0.1, 0.15) is 33.3 Å². The van der Waals surface area contributed by atoms with Gasteiger partial charge in [-0.05, 0) is 57.4 Å². The summed E-state index contributed by atoms with van der Waals surface area (Å²) in [5, 5.41) is 11.2. The molecule has 7 nitrogen and oxygen atoms in total. The molecule has 2 heterocycles. The number of nitrogens with zero attached hydrogens (tertiary/aromatic N) is 2. The zero-order valence-electron chi connectivity index (χ0n) is 23.1. The number of hydrogen-bond donors (Lipinski definition) is 3. The Bertz CT molecular complexity index is 1710. The van der Waals surface area contributed by atoms with Gasteiger partial charge in [0.1, 0.15) is 0 Å². The van der Waals surface area contributed by atoms with Crippen molar-refractivity contribution < 1.29 is 9.31 Å². The Morgan fingerprint density at radius 1 is 0.750 bits per heavy atom. The van der Waals surface area contributed by atoms with Crippen LogP contribution in [-0.2, 0) is 9.31 Å². The summed E-state index contributed by atoms with van der Waals surface area (Å²) in [6.45, 7) is 8.23. The van der Waals surface area contributed by atoms with E-state index in [0.29, 0.717) is 5.84 Å². The molecule has 1 aromatic heterocycles. The first-order chi connectivity index (χ1) is 19.2. The standard InChI is InChI=1S/C32H32BN5O2/c1-31(2)32(3,4)40-33(39-31)23-19-20-28-26(21-23)25-17-11-12-18-27(25)38(28)30(34)35-29(22-13-7-5-8-14-22)37-36-24-15-9-6-10-16-24/h5-21,36H,1-4H3,(H2,34,35,37). The second kappa shape index (κ2) is 9.97. The van der Waals surface area contributed by atoms with Crippen molar-refractivity contribution in [2.24, 2.45) is 4.99 Å². The van der Waals surface area contributed by atoms with Gasteiger partial charge in [-0.15, -0.1) is 0 Å². The van der Waals surface area contributed by atoms with Crippen molar-refractivity contribution in [3.8, 4) is 0 Å². The predicted molar refractivity (Wildman–Crippen MR) is 164 cm³/mol. The SMILES string of the molecule is CC1(C)OB(c2ccc3c(c2)c2ccccc2n3C(=N)/N=C(\NNc2ccccc2)c2ccccc2)OC1(C)C. The number of aromatic nitrogens is 1. The summed E-state index contributed by atoms with van der Waals surface area (Å²) < 4.78 is 14.5. The van der Waals surface area contributed by atoms with E-state index in [1.165, 1.54) is 0 Å². The maximum atomic E-state index is 9.16. The molecule has 4 aromatic carbocycles. The number of hydrazine groups is 1. The normalized spacial score (nSPS) is 16.4. The van der Waals surface area contributed by atoms with E-state index in [4.69, 9.17) is 19.7 Å². The number of para-hydroxylation sites is 2. The van der Waals surface area contributed by atoms with Gasteiger partial charge < -0.3 is 9.31 Å². The van der Waals surface area contributed by atoms with Crippen molar-refractivity contribution in [3.63, 3.8) is 0 Å². The minimum Gasteiger partial charge on any atom is -0.399 e. The van der Waals surface area contributed by atoms with Crippen molar-refractivity contribution in [1.82, 2.24) is 9.99 Å². The van der Waals surface area contributed by atoms with Gasteiger partial charge in [-0.25, -0.2) is 0 Å². The Morgan fingerprint density at radius 3 is 2.05 bits per heavy atom. The highest BCUT2D eigenvalue weighted by molar-refractivity contribution is 6.62. The Labute approximate surface area is 234 Å². The smallest absolute Gasteiger partial charge is 0.399 e. The highest BCUT2D eigenvalue weighted by Crippen LogP contribution is 2.37. The molecule has 0 unspecified atom stereocenters. The van der Waals surface area contributed by atoms with Gasteiger partial charge in [-0.1, -0.05) is 78.9 Å². The molecule has 1 fully saturated rings. The number of benzene rings is 4. The lowest BCUT2D eigenvalue weighted by molar-refractivity contribution is 0.00578. The number of fused-ring (bicyclic) bond motifs is 3. The predicted octanol–water partition coefficient (Wildman–Crippen LogP) is 5.94. The van der Waals surface area contributed by atoms with Crippen LogP contribution in [0.4, 0.5) is 5.69 Å². The van der Waals surface area contributed by atoms with Crippen molar-refractivity contribution >= 4 is 51.9 Å². The molecule has 0 spiro atoms. The van der Waals surface area contributed by atoms with Crippen LogP contribution >= 0.6 is 0 Å². The number of anilines is 1. The van der Waals surface area contributed by atoms with E-state index in [0.717, 1.165) is 38.5 Å². The molecular formula is C32H32BN5O2. The summed E-state index contributed by atoms with van der Waals surface area (Å²) in [5.41, 5.74) is 10.1. The molecule has 0 saturated carbocycles. The van der Waals surface area contributed by atoms with E-state index >= 15 is 0 Å². The maximum absolute atomic E-state index is 9.16. The third-order valence-electron chi connectivity index (χ3n) is 7.80.